The summed E-state index contributed by atoms with van der Waals surface area (Å²) >= 11 is 1.60. The summed E-state index contributed by atoms with van der Waals surface area (Å²) in [7, 11) is 0. The van der Waals surface area contributed by atoms with E-state index in [1.165, 1.54) is 17.0 Å². The second-order valence-electron chi connectivity index (χ2n) is 5.99. The first-order chi connectivity index (χ1) is 8.94. The number of aromatic nitrogens is 1. The smallest absolute Gasteiger partial charge is 0.124 e. The van der Waals surface area contributed by atoms with E-state index in [1.807, 2.05) is 6.07 Å². The molecule has 1 aliphatic carbocycles. The van der Waals surface area contributed by atoms with Gasteiger partial charge in [0.1, 0.15) is 10.8 Å². The van der Waals surface area contributed by atoms with Gasteiger partial charge in [0.2, 0.25) is 0 Å². The maximum atomic E-state index is 13.3. The van der Waals surface area contributed by atoms with Crippen LogP contribution in [0.4, 0.5) is 4.39 Å². The predicted octanol–water partition coefficient (Wildman–Crippen LogP) is 3.92. The third-order valence-electron chi connectivity index (χ3n) is 3.55. The second kappa shape index (κ2) is 4.39. The minimum absolute atomic E-state index is 0.0542. The lowest BCUT2D eigenvalue weighted by molar-refractivity contribution is 0.282. The van der Waals surface area contributed by atoms with Crippen molar-refractivity contribution in [2.24, 2.45) is 11.1 Å². The van der Waals surface area contributed by atoms with Crippen LogP contribution in [0.5, 0.6) is 0 Å². The largest absolute Gasteiger partial charge is 0.323 e. The minimum Gasteiger partial charge on any atom is -0.323 e. The van der Waals surface area contributed by atoms with E-state index in [0.29, 0.717) is 0 Å². The van der Waals surface area contributed by atoms with Gasteiger partial charge in [0.15, 0.2) is 0 Å². The van der Waals surface area contributed by atoms with Gasteiger partial charge in [0, 0.05) is 16.5 Å². The van der Waals surface area contributed by atoms with Crippen LogP contribution < -0.4 is 5.73 Å². The summed E-state index contributed by atoms with van der Waals surface area (Å²) in [6, 6.07) is 6.64. The molecule has 2 aromatic rings. The first-order valence-corrected chi connectivity index (χ1v) is 7.27. The van der Waals surface area contributed by atoms with Crippen molar-refractivity contribution in [3.05, 3.63) is 40.7 Å². The van der Waals surface area contributed by atoms with Gasteiger partial charge in [-0.1, -0.05) is 26.0 Å². The topological polar surface area (TPSA) is 38.9 Å². The van der Waals surface area contributed by atoms with Gasteiger partial charge in [0.05, 0.1) is 5.69 Å². The van der Waals surface area contributed by atoms with E-state index >= 15 is 0 Å². The van der Waals surface area contributed by atoms with E-state index in [2.05, 4.69) is 18.8 Å². The Kier molecular flexibility index (Phi) is 2.95. The summed E-state index contributed by atoms with van der Waals surface area (Å²) in [4.78, 5) is 5.85. The Morgan fingerprint density at radius 2 is 2.21 bits per heavy atom. The SMILES string of the molecule is CC1(C)Cc2nc(-c3cccc(F)c3)sc2C(N)C1. The first-order valence-electron chi connectivity index (χ1n) is 6.46. The van der Waals surface area contributed by atoms with Gasteiger partial charge in [-0.15, -0.1) is 11.3 Å². The molecule has 1 aromatic carbocycles. The number of fused-ring (bicyclic) bond motifs is 1. The first kappa shape index (κ1) is 12.8. The molecule has 1 atom stereocenters. The van der Waals surface area contributed by atoms with Crippen molar-refractivity contribution in [2.45, 2.75) is 32.7 Å². The molecule has 0 saturated carbocycles. The van der Waals surface area contributed by atoms with Crippen molar-refractivity contribution >= 4 is 11.3 Å². The highest BCUT2D eigenvalue weighted by atomic mass is 32.1. The Balaban J connectivity index is 2.04. The molecule has 0 amide bonds. The maximum Gasteiger partial charge on any atom is 0.124 e. The fourth-order valence-corrected chi connectivity index (χ4v) is 3.82. The molecule has 0 spiro atoms. The zero-order valence-electron chi connectivity index (χ0n) is 11.1. The Morgan fingerprint density at radius 1 is 1.42 bits per heavy atom. The van der Waals surface area contributed by atoms with Crippen LogP contribution in [-0.4, -0.2) is 4.98 Å². The van der Waals surface area contributed by atoms with E-state index < -0.39 is 0 Å². The van der Waals surface area contributed by atoms with Crippen molar-refractivity contribution in [1.29, 1.82) is 0 Å². The fourth-order valence-electron chi connectivity index (χ4n) is 2.74. The zero-order chi connectivity index (χ0) is 13.6. The zero-order valence-corrected chi connectivity index (χ0v) is 11.9. The standard InChI is InChI=1S/C15H17FN2S/c1-15(2)7-11(17)13-12(8-15)18-14(19-13)9-4-3-5-10(16)6-9/h3-6,11H,7-8,17H2,1-2H3. The summed E-state index contributed by atoms with van der Waals surface area (Å²) < 4.78 is 13.3. The van der Waals surface area contributed by atoms with Crippen molar-refractivity contribution < 1.29 is 4.39 Å². The van der Waals surface area contributed by atoms with Crippen LogP contribution in [-0.2, 0) is 6.42 Å². The molecule has 0 aliphatic heterocycles. The minimum atomic E-state index is -0.227. The Hall–Kier alpha value is -1.26. The van der Waals surface area contributed by atoms with Gasteiger partial charge < -0.3 is 5.73 Å². The number of hydrogen-bond acceptors (Lipinski definition) is 3. The van der Waals surface area contributed by atoms with E-state index in [9.17, 15) is 4.39 Å². The molecule has 3 rings (SSSR count). The molecule has 2 N–H and O–H groups in total. The number of nitrogens with two attached hydrogens (primary N) is 1. The van der Waals surface area contributed by atoms with Gasteiger partial charge >= 0.3 is 0 Å². The molecule has 0 radical (unpaired) electrons. The van der Waals surface area contributed by atoms with Crippen LogP contribution in [0.1, 0.15) is 36.9 Å². The molecular formula is C15H17FN2S. The van der Waals surface area contributed by atoms with Gasteiger partial charge in [-0.2, -0.15) is 0 Å². The van der Waals surface area contributed by atoms with Crippen LogP contribution in [0, 0.1) is 11.2 Å². The van der Waals surface area contributed by atoms with Crippen molar-refractivity contribution in [2.75, 3.05) is 0 Å². The van der Waals surface area contributed by atoms with Gasteiger partial charge in [-0.25, -0.2) is 9.37 Å². The molecule has 0 bridgehead atoms. The highest BCUT2D eigenvalue weighted by Crippen LogP contribution is 2.43. The molecule has 0 saturated heterocycles. The number of benzene rings is 1. The van der Waals surface area contributed by atoms with Crippen molar-refractivity contribution in [1.82, 2.24) is 4.98 Å². The van der Waals surface area contributed by atoms with Crippen LogP contribution in [0.25, 0.3) is 10.6 Å². The van der Waals surface area contributed by atoms with E-state index in [1.54, 1.807) is 17.4 Å². The molecule has 0 fully saturated rings. The lowest BCUT2D eigenvalue weighted by Gasteiger charge is -2.32. The van der Waals surface area contributed by atoms with E-state index in [-0.39, 0.29) is 17.3 Å². The van der Waals surface area contributed by atoms with Crippen LogP contribution in [0.3, 0.4) is 0 Å². The molecule has 1 aromatic heterocycles. The molecule has 1 unspecified atom stereocenters. The summed E-state index contributed by atoms with van der Waals surface area (Å²) in [5.74, 6) is -0.227. The Morgan fingerprint density at radius 3 is 2.95 bits per heavy atom. The molecule has 19 heavy (non-hydrogen) atoms. The number of nitrogens with zero attached hydrogens (tertiary/aromatic N) is 1. The van der Waals surface area contributed by atoms with Crippen LogP contribution >= 0.6 is 11.3 Å². The molecule has 1 heterocycles. The summed E-state index contributed by atoms with van der Waals surface area (Å²) in [6.07, 6.45) is 1.92. The average Bonchev–Trinajstić information content (AvgIpc) is 2.71. The Labute approximate surface area is 116 Å². The third kappa shape index (κ3) is 2.42. The number of thiazole rings is 1. The van der Waals surface area contributed by atoms with E-state index in [0.717, 1.165) is 29.1 Å². The van der Waals surface area contributed by atoms with Gasteiger partial charge in [-0.05, 0) is 30.4 Å². The fraction of sp³-hybridized carbons (Fsp3) is 0.400. The Bertz CT molecular complexity index is 618. The highest BCUT2D eigenvalue weighted by Gasteiger charge is 2.33. The summed E-state index contributed by atoms with van der Waals surface area (Å²) in [5.41, 5.74) is 8.36. The molecule has 4 heteroatoms. The number of hydrogen-bond donors (Lipinski definition) is 1. The maximum absolute atomic E-state index is 13.3. The van der Waals surface area contributed by atoms with E-state index in [4.69, 9.17) is 5.73 Å². The van der Waals surface area contributed by atoms with Crippen LogP contribution in [0.2, 0.25) is 0 Å². The summed E-state index contributed by atoms with van der Waals surface area (Å²) in [5, 5.41) is 0.873. The second-order valence-corrected chi connectivity index (χ2v) is 7.02. The highest BCUT2D eigenvalue weighted by molar-refractivity contribution is 7.15. The third-order valence-corrected chi connectivity index (χ3v) is 4.83. The normalized spacial score (nSPS) is 21.2. The lowest BCUT2D eigenvalue weighted by Crippen LogP contribution is -2.28. The monoisotopic (exact) mass is 276 g/mol. The lowest BCUT2D eigenvalue weighted by atomic mass is 9.77. The van der Waals surface area contributed by atoms with Crippen molar-refractivity contribution in [3.8, 4) is 10.6 Å². The number of halogens is 1. The quantitative estimate of drug-likeness (QED) is 0.857. The molecule has 100 valence electrons. The van der Waals surface area contributed by atoms with Crippen molar-refractivity contribution in [3.63, 3.8) is 0 Å². The average molecular weight is 276 g/mol. The van der Waals surface area contributed by atoms with Gasteiger partial charge in [-0.3, -0.25) is 0 Å². The number of rotatable bonds is 1. The molecule has 2 nitrogen and oxygen atoms in total. The summed E-state index contributed by atoms with van der Waals surface area (Å²) in [6.45, 7) is 4.44. The molecular weight excluding hydrogens is 259 g/mol. The predicted molar refractivity (Wildman–Crippen MR) is 76.5 cm³/mol. The molecule has 1 aliphatic rings. The van der Waals surface area contributed by atoms with Gasteiger partial charge in [0.25, 0.3) is 0 Å². The van der Waals surface area contributed by atoms with Crippen LogP contribution in [0.15, 0.2) is 24.3 Å².